The minimum atomic E-state index is 0.649. The molecule has 2 N–H and O–H groups in total. The van der Waals surface area contributed by atoms with E-state index in [2.05, 4.69) is 9.97 Å². The molecule has 0 amide bonds. The number of nitrogen functional groups attached to an aromatic ring is 1. The van der Waals surface area contributed by atoms with Gasteiger partial charge in [0.05, 0.1) is 0 Å². The van der Waals surface area contributed by atoms with Crippen LogP contribution in [0.3, 0.4) is 0 Å². The molecule has 1 heterocycles. The number of anilines is 1. The summed E-state index contributed by atoms with van der Waals surface area (Å²) in [5.74, 6) is 2.07. The van der Waals surface area contributed by atoms with Crippen molar-refractivity contribution < 1.29 is 0 Å². The van der Waals surface area contributed by atoms with Crippen LogP contribution in [0.4, 0.5) is 5.82 Å². The second kappa shape index (κ2) is 2.19. The Kier molecular flexibility index (Phi) is 1.31. The molecule has 0 saturated heterocycles. The molecule has 1 aromatic heterocycles. The van der Waals surface area contributed by atoms with Crippen molar-refractivity contribution in [3.63, 3.8) is 0 Å². The van der Waals surface area contributed by atoms with Crippen LogP contribution in [0.15, 0.2) is 6.20 Å². The molecular weight excluding hydrogens is 138 g/mol. The van der Waals surface area contributed by atoms with Crippen LogP contribution in [-0.4, -0.2) is 9.97 Å². The summed E-state index contributed by atoms with van der Waals surface area (Å²) in [5, 5.41) is 0. The largest absolute Gasteiger partial charge is 0.383 e. The molecule has 11 heavy (non-hydrogen) atoms. The van der Waals surface area contributed by atoms with Crippen LogP contribution in [0.1, 0.15) is 30.1 Å². The zero-order chi connectivity index (χ0) is 7.84. The minimum absolute atomic E-state index is 0.649. The highest BCUT2D eigenvalue weighted by molar-refractivity contribution is 5.42. The lowest BCUT2D eigenvalue weighted by Crippen LogP contribution is -1.99. The van der Waals surface area contributed by atoms with Gasteiger partial charge < -0.3 is 5.73 Å². The highest BCUT2D eigenvalue weighted by atomic mass is 14.9. The molecule has 1 fully saturated rings. The smallest absolute Gasteiger partial charge is 0.130 e. The maximum Gasteiger partial charge on any atom is 0.130 e. The third-order valence-corrected chi connectivity index (χ3v) is 1.99. The molecule has 0 atom stereocenters. The van der Waals surface area contributed by atoms with Crippen molar-refractivity contribution in [3.8, 4) is 0 Å². The molecule has 0 aromatic carbocycles. The van der Waals surface area contributed by atoms with Crippen LogP contribution in [0.2, 0.25) is 0 Å². The highest BCUT2D eigenvalue weighted by Crippen LogP contribution is 2.41. The number of hydrogen-bond donors (Lipinski definition) is 1. The van der Waals surface area contributed by atoms with Crippen molar-refractivity contribution in [2.24, 2.45) is 0 Å². The van der Waals surface area contributed by atoms with Crippen LogP contribution < -0.4 is 5.73 Å². The van der Waals surface area contributed by atoms with Gasteiger partial charge in [-0.05, 0) is 25.7 Å². The fraction of sp³-hybridized carbons (Fsp3) is 0.500. The Hall–Kier alpha value is -1.12. The molecule has 3 nitrogen and oxygen atoms in total. The second-order valence-electron chi connectivity index (χ2n) is 3.03. The van der Waals surface area contributed by atoms with E-state index in [0.29, 0.717) is 11.7 Å². The summed E-state index contributed by atoms with van der Waals surface area (Å²) in [5.41, 5.74) is 6.85. The number of nitrogens with two attached hydrogens (primary N) is 1. The van der Waals surface area contributed by atoms with E-state index in [4.69, 9.17) is 5.73 Å². The molecular formula is C8H11N3. The zero-order valence-electron chi connectivity index (χ0n) is 6.54. The Balaban J connectivity index is 2.39. The average molecular weight is 149 g/mol. The maximum atomic E-state index is 5.71. The second-order valence-corrected chi connectivity index (χ2v) is 3.03. The molecule has 1 aliphatic carbocycles. The molecule has 1 aromatic rings. The quantitative estimate of drug-likeness (QED) is 0.653. The Morgan fingerprint density at radius 1 is 1.55 bits per heavy atom. The lowest BCUT2D eigenvalue weighted by molar-refractivity contribution is 0.994. The first-order valence-electron chi connectivity index (χ1n) is 3.86. The van der Waals surface area contributed by atoms with Crippen molar-refractivity contribution in [2.45, 2.75) is 25.7 Å². The number of aromatic nitrogens is 2. The Morgan fingerprint density at radius 2 is 2.27 bits per heavy atom. The molecule has 58 valence electrons. The lowest BCUT2D eigenvalue weighted by Gasteiger charge is -2.01. The van der Waals surface area contributed by atoms with Gasteiger partial charge in [0.25, 0.3) is 0 Å². The van der Waals surface area contributed by atoms with E-state index in [1.165, 1.54) is 12.8 Å². The molecule has 0 aliphatic heterocycles. The van der Waals surface area contributed by atoms with E-state index >= 15 is 0 Å². The van der Waals surface area contributed by atoms with Crippen LogP contribution >= 0.6 is 0 Å². The standard InChI is InChI=1S/C8H11N3/c1-5-10-4-7(6-2-3-6)8(9)11-5/h4,6H,2-3H2,1H3,(H2,9,10,11). The van der Waals surface area contributed by atoms with E-state index in [-0.39, 0.29) is 0 Å². The first kappa shape index (κ1) is 6.58. The fourth-order valence-corrected chi connectivity index (χ4v) is 1.21. The fourth-order valence-electron chi connectivity index (χ4n) is 1.21. The predicted molar refractivity (Wildman–Crippen MR) is 43.2 cm³/mol. The predicted octanol–water partition coefficient (Wildman–Crippen LogP) is 1.24. The van der Waals surface area contributed by atoms with E-state index in [9.17, 15) is 0 Å². The molecule has 0 bridgehead atoms. The van der Waals surface area contributed by atoms with Gasteiger partial charge in [-0.15, -0.1) is 0 Å². The summed E-state index contributed by atoms with van der Waals surface area (Å²) >= 11 is 0. The van der Waals surface area contributed by atoms with Gasteiger partial charge in [0.1, 0.15) is 11.6 Å². The third kappa shape index (κ3) is 1.18. The number of nitrogens with zero attached hydrogens (tertiary/aromatic N) is 2. The summed E-state index contributed by atoms with van der Waals surface area (Å²) in [6, 6.07) is 0. The van der Waals surface area contributed by atoms with E-state index in [0.717, 1.165) is 11.4 Å². The maximum absolute atomic E-state index is 5.71. The molecule has 0 spiro atoms. The molecule has 3 heteroatoms. The number of rotatable bonds is 1. The average Bonchev–Trinajstić information content (AvgIpc) is 2.70. The normalized spacial score (nSPS) is 16.8. The van der Waals surface area contributed by atoms with Crippen LogP contribution in [0.5, 0.6) is 0 Å². The van der Waals surface area contributed by atoms with Gasteiger partial charge in [-0.1, -0.05) is 0 Å². The SMILES string of the molecule is Cc1ncc(C2CC2)c(N)n1. The summed E-state index contributed by atoms with van der Waals surface area (Å²) < 4.78 is 0. The first-order valence-corrected chi connectivity index (χ1v) is 3.86. The molecule has 0 radical (unpaired) electrons. The van der Waals surface area contributed by atoms with Crippen molar-refractivity contribution >= 4 is 5.82 Å². The van der Waals surface area contributed by atoms with Crippen molar-refractivity contribution in [2.75, 3.05) is 5.73 Å². The highest BCUT2D eigenvalue weighted by Gasteiger charge is 2.26. The number of hydrogen-bond acceptors (Lipinski definition) is 3. The van der Waals surface area contributed by atoms with Gasteiger partial charge in [0.15, 0.2) is 0 Å². The zero-order valence-corrected chi connectivity index (χ0v) is 6.54. The number of aryl methyl sites for hydroxylation is 1. The van der Waals surface area contributed by atoms with Crippen molar-refractivity contribution in [1.82, 2.24) is 9.97 Å². The van der Waals surface area contributed by atoms with Crippen LogP contribution in [-0.2, 0) is 0 Å². The van der Waals surface area contributed by atoms with E-state index < -0.39 is 0 Å². The topological polar surface area (TPSA) is 51.8 Å². The Labute approximate surface area is 65.7 Å². The molecule has 1 aliphatic rings. The van der Waals surface area contributed by atoms with Crippen LogP contribution in [0, 0.1) is 6.92 Å². The monoisotopic (exact) mass is 149 g/mol. The van der Waals surface area contributed by atoms with Crippen molar-refractivity contribution in [1.29, 1.82) is 0 Å². The Bertz CT molecular complexity index is 279. The van der Waals surface area contributed by atoms with E-state index in [1.54, 1.807) is 0 Å². The summed E-state index contributed by atoms with van der Waals surface area (Å²) in [6.07, 6.45) is 4.35. The van der Waals surface area contributed by atoms with Gasteiger partial charge in [-0.25, -0.2) is 9.97 Å². The molecule has 1 saturated carbocycles. The van der Waals surface area contributed by atoms with Gasteiger partial charge in [-0.3, -0.25) is 0 Å². The summed E-state index contributed by atoms with van der Waals surface area (Å²) in [4.78, 5) is 8.21. The third-order valence-electron chi connectivity index (χ3n) is 1.99. The summed E-state index contributed by atoms with van der Waals surface area (Å²) in [6.45, 7) is 1.85. The lowest BCUT2D eigenvalue weighted by atomic mass is 10.2. The van der Waals surface area contributed by atoms with E-state index in [1.807, 2.05) is 13.1 Å². The first-order chi connectivity index (χ1) is 5.27. The summed E-state index contributed by atoms with van der Waals surface area (Å²) in [7, 11) is 0. The van der Waals surface area contributed by atoms with Gasteiger partial charge in [0.2, 0.25) is 0 Å². The molecule has 2 rings (SSSR count). The minimum Gasteiger partial charge on any atom is -0.383 e. The Morgan fingerprint density at radius 3 is 2.82 bits per heavy atom. The van der Waals surface area contributed by atoms with Crippen molar-refractivity contribution in [3.05, 3.63) is 17.6 Å². The van der Waals surface area contributed by atoms with Gasteiger partial charge >= 0.3 is 0 Å². The van der Waals surface area contributed by atoms with Crippen LogP contribution in [0.25, 0.3) is 0 Å². The molecule has 0 unspecified atom stereocenters. The van der Waals surface area contributed by atoms with Gasteiger partial charge in [-0.2, -0.15) is 0 Å². The van der Waals surface area contributed by atoms with Gasteiger partial charge in [0, 0.05) is 11.8 Å².